The van der Waals surface area contributed by atoms with Crippen molar-refractivity contribution in [2.75, 3.05) is 11.3 Å². The highest BCUT2D eigenvalue weighted by atomic mass is 32.2. The van der Waals surface area contributed by atoms with Crippen molar-refractivity contribution in [1.82, 2.24) is 0 Å². The monoisotopic (exact) mass is 198 g/mol. The molecule has 0 aromatic heterocycles. The Hall–Kier alpha value is -1.20. The Balaban J connectivity index is 2.79. The van der Waals surface area contributed by atoms with E-state index in [0.717, 1.165) is 16.3 Å². The normalized spacial score (nSPS) is 10.6. The Morgan fingerprint density at radius 1 is 1.38 bits per heavy atom. The molecule has 0 spiro atoms. The Morgan fingerprint density at radius 2 is 2.00 bits per heavy atom. The molecular weight excluding hydrogens is 188 g/mol. The second-order valence-corrected chi connectivity index (χ2v) is 3.15. The van der Waals surface area contributed by atoms with Crippen LogP contribution in [0.2, 0.25) is 0 Å². The summed E-state index contributed by atoms with van der Waals surface area (Å²) in [7, 11) is 0. The van der Waals surface area contributed by atoms with Gasteiger partial charge in [-0.3, -0.25) is 5.21 Å². The predicted octanol–water partition coefficient (Wildman–Crippen LogP) is 2.02. The van der Waals surface area contributed by atoms with Crippen LogP contribution in [0, 0.1) is 0 Å². The second kappa shape index (κ2) is 4.74. The summed E-state index contributed by atoms with van der Waals surface area (Å²) in [5.74, 6) is 0. The van der Waals surface area contributed by atoms with Crippen LogP contribution in [-0.4, -0.2) is 23.0 Å². The molecule has 70 valence electrons. The average Bonchev–Trinajstić information content (AvgIpc) is 2.18. The van der Waals surface area contributed by atoms with Gasteiger partial charge in [0.15, 0.2) is 6.34 Å². The zero-order valence-electron chi connectivity index (χ0n) is 7.08. The summed E-state index contributed by atoms with van der Waals surface area (Å²) in [6.45, 7) is 0. The number of anilines is 1. The van der Waals surface area contributed by atoms with Gasteiger partial charge in [-0.1, -0.05) is 5.16 Å². The molecule has 0 aliphatic carbocycles. The Kier molecular flexibility index (Phi) is 3.60. The SMILES string of the molecule is CSc1ccc(N(O)C=NO)cc1. The van der Waals surface area contributed by atoms with Crippen molar-refractivity contribution < 1.29 is 10.4 Å². The first kappa shape index (κ1) is 9.88. The fraction of sp³-hybridized carbons (Fsp3) is 0.125. The van der Waals surface area contributed by atoms with Gasteiger partial charge >= 0.3 is 0 Å². The molecule has 0 aliphatic rings. The molecule has 0 fully saturated rings. The molecule has 0 amide bonds. The number of benzene rings is 1. The number of thioether (sulfide) groups is 1. The van der Waals surface area contributed by atoms with E-state index in [1.807, 2.05) is 18.4 Å². The first-order valence-corrected chi connectivity index (χ1v) is 4.80. The maximum absolute atomic E-state index is 9.20. The third-order valence-corrected chi connectivity index (χ3v) is 2.24. The molecule has 0 heterocycles. The molecular formula is C8H10N2O2S. The fourth-order valence-corrected chi connectivity index (χ4v) is 1.26. The van der Waals surface area contributed by atoms with Crippen molar-refractivity contribution in [1.29, 1.82) is 0 Å². The summed E-state index contributed by atoms with van der Waals surface area (Å²) in [6, 6.07) is 7.20. The van der Waals surface area contributed by atoms with E-state index in [0.29, 0.717) is 5.69 Å². The fourth-order valence-electron chi connectivity index (χ4n) is 0.851. The second-order valence-electron chi connectivity index (χ2n) is 2.27. The Morgan fingerprint density at radius 3 is 2.46 bits per heavy atom. The summed E-state index contributed by atoms with van der Waals surface area (Å²) < 4.78 is 0. The highest BCUT2D eigenvalue weighted by Crippen LogP contribution is 2.18. The lowest BCUT2D eigenvalue weighted by Crippen LogP contribution is -2.14. The number of hydrogen-bond acceptors (Lipinski definition) is 4. The van der Waals surface area contributed by atoms with Crippen LogP contribution >= 0.6 is 11.8 Å². The van der Waals surface area contributed by atoms with E-state index in [9.17, 15) is 5.21 Å². The van der Waals surface area contributed by atoms with Crippen LogP contribution in [0.5, 0.6) is 0 Å². The van der Waals surface area contributed by atoms with Crippen molar-refractivity contribution in [2.45, 2.75) is 4.90 Å². The number of oxime groups is 1. The summed E-state index contributed by atoms with van der Waals surface area (Å²) >= 11 is 1.62. The van der Waals surface area contributed by atoms with Gasteiger partial charge in [-0.25, -0.2) is 5.06 Å². The largest absolute Gasteiger partial charge is 0.410 e. The van der Waals surface area contributed by atoms with E-state index < -0.39 is 0 Å². The van der Waals surface area contributed by atoms with E-state index >= 15 is 0 Å². The highest BCUT2D eigenvalue weighted by Gasteiger charge is 1.98. The zero-order valence-corrected chi connectivity index (χ0v) is 7.90. The first-order valence-electron chi connectivity index (χ1n) is 3.57. The molecule has 0 radical (unpaired) electrons. The van der Waals surface area contributed by atoms with Gasteiger partial charge < -0.3 is 5.21 Å². The van der Waals surface area contributed by atoms with Crippen LogP contribution in [0.1, 0.15) is 0 Å². The van der Waals surface area contributed by atoms with Crippen LogP contribution < -0.4 is 5.06 Å². The molecule has 0 saturated carbocycles. The highest BCUT2D eigenvalue weighted by molar-refractivity contribution is 7.98. The van der Waals surface area contributed by atoms with Crippen molar-refractivity contribution in [3.05, 3.63) is 24.3 Å². The van der Waals surface area contributed by atoms with Gasteiger partial charge in [-0.2, -0.15) is 0 Å². The van der Waals surface area contributed by atoms with E-state index in [1.165, 1.54) is 0 Å². The van der Waals surface area contributed by atoms with Crippen LogP contribution in [0.3, 0.4) is 0 Å². The zero-order chi connectivity index (χ0) is 9.68. The molecule has 0 atom stereocenters. The Bertz CT molecular complexity index is 287. The van der Waals surface area contributed by atoms with Crippen molar-refractivity contribution in [3.8, 4) is 0 Å². The van der Waals surface area contributed by atoms with Crippen LogP contribution in [0.15, 0.2) is 34.3 Å². The minimum Gasteiger partial charge on any atom is -0.410 e. The molecule has 4 nitrogen and oxygen atoms in total. The molecule has 13 heavy (non-hydrogen) atoms. The molecule has 5 heteroatoms. The standard InChI is InChI=1S/C8H10N2O2S/c1-13-8-4-2-7(3-5-8)10(12)6-9-11/h2-6,11-12H,1H3. The topological polar surface area (TPSA) is 56.1 Å². The number of hydroxylamine groups is 1. The molecule has 0 unspecified atom stereocenters. The number of rotatable bonds is 3. The van der Waals surface area contributed by atoms with Crippen LogP contribution in [-0.2, 0) is 0 Å². The van der Waals surface area contributed by atoms with E-state index in [2.05, 4.69) is 5.16 Å². The average molecular weight is 198 g/mol. The third kappa shape index (κ3) is 2.64. The first-order chi connectivity index (χ1) is 6.27. The lowest BCUT2D eigenvalue weighted by Gasteiger charge is -2.09. The van der Waals surface area contributed by atoms with Crippen LogP contribution in [0.25, 0.3) is 0 Å². The van der Waals surface area contributed by atoms with Gasteiger partial charge in [0, 0.05) is 4.90 Å². The summed E-state index contributed by atoms with van der Waals surface area (Å²) in [4.78, 5) is 1.11. The minimum absolute atomic E-state index is 0.551. The maximum atomic E-state index is 9.20. The number of hydrogen-bond donors (Lipinski definition) is 2. The van der Waals surface area contributed by atoms with Crippen LogP contribution in [0.4, 0.5) is 5.69 Å². The molecule has 2 N–H and O–H groups in total. The third-order valence-electron chi connectivity index (χ3n) is 1.50. The lowest BCUT2D eigenvalue weighted by molar-refractivity contribution is 0.290. The predicted molar refractivity (Wildman–Crippen MR) is 52.8 cm³/mol. The van der Waals surface area contributed by atoms with E-state index in [1.54, 1.807) is 23.9 Å². The van der Waals surface area contributed by atoms with Gasteiger partial charge in [-0.15, -0.1) is 11.8 Å². The summed E-state index contributed by atoms with van der Waals surface area (Å²) in [5.41, 5.74) is 0.551. The van der Waals surface area contributed by atoms with E-state index in [-0.39, 0.29) is 0 Å². The molecule has 0 aliphatic heterocycles. The Labute approximate surface area is 80.4 Å². The van der Waals surface area contributed by atoms with E-state index in [4.69, 9.17) is 5.21 Å². The quantitative estimate of drug-likeness (QED) is 0.256. The smallest absolute Gasteiger partial charge is 0.160 e. The van der Waals surface area contributed by atoms with Gasteiger partial charge in [0.1, 0.15) is 0 Å². The van der Waals surface area contributed by atoms with Gasteiger partial charge in [0.25, 0.3) is 0 Å². The molecule has 0 bridgehead atoms. The van der Waals surface area contributed by atoms with Gasteiger partial charge in [-0.05, 0) is 30.5 Å². The summed E-state index contributed by atoms with van der Waals surface area (Å²) in [6.07, 6.45) is 2.88. The molecule has 1 aromatic rings. The van der Waals surface area contributed by atoms with Crippen molar-refractivity contribution in [3.63, 3.8) is 0 Å². The molecule has 0 saturated heterocycles. The minimum atomic E-state index is 0.551. The van der Waals surface area contributed by atoms with Gasteiger partial charge in [0.05, 0.1) is 5.69 Å². The summed E-state index contributed by atoms with van der Waals surface area (Å²) in [5, 5.41) is 20.8. The number of nitrogens with zero attached hydrogens (tertiary/aromatic N) is 2. The van der Waals surface area contributed by atoms with Crippen molar-refractivity contribution >= 4 is 23.8 Å². The maximum Gasteiger partial charge on any atom is 0.160 e. The lowest BCUT2D eigenvalue weighted by atomic mass is 10.3. The van der Waals surface area contributed by atoms with Crippen molar-refractivity contribution in [2.24, 2.45) is 5.16 Å². The molecule has 1 rings (SSSR count). The molecule has 1 aromatic carbocycles. The van der Waals surface area contributed by atoms with Gasteiger partial charge in [0.2, 0.25) is 0 Å².